The Hall–Kier alpha value is -2.02. The Kier molecular flexibility index (Phi) is 7.76. The van der Waals surface area contributed by atoms with Crippen LogP contribution in [0.4, 0.5) is 9.59 Å². The van der Waals surface area contributed by atoms with E-state index in [9.17, 15) is 9.59 Å². The molecule has 0 unspecified atom stereocenters. The normalized spacial score (nSPS) is 26.3. The van der Waals surface area contributed by atoms with Crippen molar-refractivity contribution in [1.82, 2.24) is 15.5 Å². The van der Waals surface area contributed by atoms with Crippen LogP contribution in [-0.2, 0) is 0 Å². The summed E-state index contributed by atoms with van der Waals surface area (Å²) in [4.78, 5) is 32.2. The van der Waals surface area contributed by atoms with Gasteiger partial charge in [0, 0.05) is 12.1 Å². The van der Waals surface area contributed by atoms with E-state index in [0.717, 1.165) is 56.9 Å². The first kappa shape index (κ1) is 23.1. The molecule has 0 spiro atoms. The van der Waals surface area contributed by atoms with E-state index in [1.165, 1.54) is 30.2 Å². The van der Waals surface area contributed by atoms with Crippen LogP contribution in [0.5, 0.6) is 0 Å². The van der Waals surface area contributed by atoms with E-state index >= 15 is 0 Å². The van der Waals surface area contributed by atoms with Crippen LogP contribution in [0.2, 0.25) is 0 Å². The molecule has 174 valence electrons. The lowest BCUT2D eigenvalue weighted by molar-refractivity contribution is 0.204. The summed E-state index contributed by atoms with van der Waals surface area (Å²) in [6.07, 6.45) is 11.2. The number of aryl methyl sites for hydroxylation is 1. The van der Waals surface area contributed by atoms with Crippen molar-refractivity contribution in [2.45, 2.75) is 101 Å². The second kappa shape index (κ2) is 10.7. The number of nitrogens with zero attached hydrogens (tertiary/aromatic N) is 2. The number of thioether (sulfide) groups is 1. The largest absolute Gasteiger partial charge is 0.343 e. The van der Waals surface area contributed by atoms with E-state index < -0.39 is 0 Å². The van der Waals surface area contributed by atoms with Crippen molar-refractivity contribution in [3.05, 3.63) is 35.4 Å². The zero-order valence-electron chi connectivity index (χ0n) is 19.3. The molecular formula is C25H36N4O2S. The maximum absolute atomic E-state index is 13.3. The molecule has 4 amide bonds. The van der Waals surface area contributed by atoms with Crippen LogP contribution in [0.25, 0.3) is 0 Å². The topological polar surface area (TPSA) is 73.8 Å². The Morgan fingerprint density at radius 1 is 0.906 bits per heavy atom. The summed E-state index contributed by atoms with van der Waals surface area (Å²) in [5.74, 6) is 0. The lowest BCUT2D eigenvalue weighted by atomic mass is 9.96. The van der Waals surface area contributed by atoms with Crippen LogP contribution in [0.1, 0.15) is 87.5 Å². The maximum atomic E-state index is 13.3. The van der Waals surface area contributed by atoms with Gasteiger partial charge in [-0.1, -0.05) is 80.1 Å². The quantitative estimate of drug-likeness (QED) is 0.593. The van der Waals surface area contributed by atoms with Crippen LogP contribution >= 0.6 is 11.8 Å². The number of aliphatic imine (C=N–C) groups is 1. The van der Waals surface area contributed by atoms with Gasteiger partial charge in [-0.05, 0) is 45.1 Å². The number of hydrogen-bond acceptors (Lipinski definition) is 3. The first-order valence-corrected chi connectivity index (χ1v) is 13.1. The molecule has 1 heterocycles. The number of nitrogens with one attached hydrogen (secondary N) is 2. The molecule has 2 aliphatic carbocycles. The average Bonchev–Trinajstić information content (AvgIpc) is 3.11. The van der Waals surface area contributed by atoms with E-state index in [4.69, 9.17) is 0 Å². The molecule has 1 aliphatic heterocycles. The van der Waals surface area contributed by atoms with Gasteiger partial charge < -0.3 is 10.6 Å². The van der Waals surface area contributed by atoms with Gasteiger partial charge in [-0.15, -0.1) is 0 Å². The molecule has 0 bridgehead atoms. The molecule has 0 aromatic heterocycles. The monoisotopic (exact) mass is 456 g/mol. The van der Waals surface area contributed by atoms with Gasteiger partial charge in [0.25, 0.3) is 0 Å². The number of amides is 4. The summed E-state index contributed by atoms with van der Waals surface area (Å²) in [6, 6.07) is 8.29. The number of benzene rings is 1. The molecule has 1 aromatic carbocycles. The predicted octanol–water partition coefficient (Wildman–Crippen LogP) is 5.91. The number of urea groups is 2. The van der Waals surface area contributed by atoms with E-state index in [1.54, 1.807) is 4.90 Å². The molecule has 4 rings (SSSR count). The van der Waals surface area contributed by atoms with Crippen LogP contribution < -0.4 is 10.6 Å². The van der Waals surface area contributed by atoms with Gasteiger partial charge in [0.15, 0.2) is 5.17 Å². The predicted molar refractivity (Wildman–Crippen MR) is 131 cm³/mol. The molecule has 2 atom stereocenters. The highest BCUT2D eigenvalue weighted by molar-refractivity contribution is 8.14. The molecular weight excluding hydrogens is 420 g/mol. The molecule has 7 heteroatoms. The zero-order valence-corrected chi connectivity index (χ0v) is 20.1. The summed E-state index contributed by atoms with van der Waals surface area (Å²) in [5.41, 5.74) is 2.36. The standard InChI is InChI=1S/C25H36N4O2S/c1-17-13-15-19(16-14-17)22-18(2)29(24(31)27-21-11-7-4-8-12-21)25(32-22)28-23(30)26-20-9-5-3-6-10-20/h13-16,18,20-22H,3-12H2,1-2H3,(H,26,30)(H,27,31)/t18-,22+/m1/s1. The Morgan fingerprint density at radius 3 is 2.06 bits per heavy atom. The van der Waals surface area contributed by atoms with Gasteiger partial charge in [-0.3, -0.25) is 4.90 Å². The highest BCUT2D eigenvalue weighted by Gasteiger charge is 2.42. The number of rotatable bonds is 3. The Labute approximate surface area is 196 Å². The lowest BCUT2D eigenvalue weighted by Crippen LogP contribution is -2.49. The Bertz CT molecular complexity index is 829. The Morgan fingerprint density at radius 2 is 1.47 bits per heavy atom. The maximum Gasteiger partial charge on any atom is 0.343 e. The third-order valence-corrected chi connectivity index (χ3v) is 8.39. The van der Waals surface area contributed by atoms with E-state index in [1.807, 2.05) is 0 Å². The second-order valence-corrected chi connectivity index (χ2v) is 10.6. The average molecular weight is 457 g/mol. The third-order valence-electron chi connectivity index (χ3n) is 6.97. The molecule has 1 aromatic rings. The number of carbonyl (C=O) groups excluding carboxylic acids is 2. The number of carbonyl (C=O) groups is 2. The minimum absolute atomic E-state index is 0.0499. The summed E-state index contributed by atoms with van der Waals surface area (Å²) in [5, 5.41) is 6.84. The fraction of sp³-hybridized carbons (Fsp3) is 0.640. The molecule has 1 saturated heterocycles. The van der Waals surface area contributed by atoms with Crippen molar-refractivity contribution in [3.63, 3.8) is 0 Å². The van der Waals surface area contributed by atoms with Crippen molar-refractivity contribution in [2.75, 3.05) is 0 Å². The number of hydrogen-bond donors (Lipinski definition) is 2. The first-order valence-electron chi connectivity index (χ1n) is 12.2. The van der Waals surface area contributed by atoms with Gasteiger partial charge >= 0.3 is 12.1 Å². The fourth-order valence-corrected chi connectivity index (χ4v) is 6.40. The van der Waals surface area contributed by atoms with Crippen molar-refractivity contribution < 1.29 is 9.59 Å². The van der Waals surface area contributed by atoms with Gasteiger partial charge in [0.1, 0.15) is 0 Å². The highest BCUT2D eigenvalue weighted by atomic mass is 32.2. The second-order valence-electron chi connectivity index (χ2n) is 9.52. The molecule has 32 heavy (non-hydrogen) atoms. The summed E-state index contributed by atoms with van der Waals surface area (Å²) < 4.78 is 0. The summed E-state index contributed by atoms with van der Waals surface area (Å²) in [7, 11) is 0. The van der Waals surface area contributed by atoms with Gasteiger partial charge in [0.2, 0.25) is 0 Å². The summed E-state index contributed by atoms with van der Waals surface area (Å²) in [6.45, 7) is 4.13. The molecule has 2 N–H and O–H groups in total. The molecule has 0 radical (unpaired) electrons. The first-order chi connectivity index (χ1) is 15.5. The van der Waals surface area contributed by atoms with Crippen LogP contribution in [0.3, 0.4) is 0 Å². The van der Waals surface area contributed by atoms with Crippen LogP contribution in [0, 0.1) is 6.92 Å². The third kappa shape index (κ3) is 5.66. The number of amidine groups is 1. The Balaban J connectivity index is 1.52. The van der Waals surface area contributed by atoms with Crippen molar-refractivity contribution in [1.29, 1.82) is 0 Å². The van der Waals surface area contributed by atoms with Gasteiger partial charge in [-0.2, -0.15) is 4.99 Å². The van der Waals surface area contributed by atoms with Crippen LogP contribution in [0.15, 0.2) is 29.3 Å². The molecule has 6 nitrogen and oxygen atoms in total. The van der Waals surface area contributed by atoms with E-state index in [0.29, 0.717) is 5.17 Å². The minimum atomic E-state index is -0.327. The highest BCUT2D eigenvalue weighted by Crippen LogP contribution is 2.43. The van der Waals surface area contributed by atoms with E-state index in [-0.39, 0.29) is 35.4 Å². The summed E-state index contributed by atoms with van der Waals surface area (Å²) >= 11 is 1.52. The molecule has 3 fully saturated rings. The minimum Gasteiger partial charge on any atom is -0.335 e. The van der Waals surface area contributed by atoms with Crippen molar-refractivity contribution in [2.24, 2.45) is 4.99 Å². The lowest BCUT2D eigenvalue weighted by Gasteiger charge is -2.28. The zero-order chi connectivity index (χ0) is 22.5. The SMILES string of the molecule is Cc1ccc([C@H]2SC(=NC(=O)NC3CCCCC3)N(C(=O)NC3CCCCC3)[C@@H]2C)cc1. The smallest absolute Gasteiger partial charge is 0.335 e. The van der Waals surface area contributed by atoms with Crippen molar-refractivity contribution >= 4 is 29.0 Å². The van der Waals surface area contributed by atoms with Gasteiger partial charge in [0.05, 0.1) is 11.3 Å². The molecule has 3 aliphatic rings. The van der Waals surface area contributed by atoms with Crippen molar-refractivity contribution in [3.8, 4) is 0 Å². The van der Waals surface area contributed by atoms with Gasteiger partial charge in [-0.25, -0.2) is 9.59 Å². The van der Waals surface area contributed by atoms with E-state index in [2.05, 4.69) is 53.7 Å². The molecule has 2 saturated carbocycles. The fourth-order valence-electron chi connectivity index (χ4n) is 5.06. The van der Waals surface area contributed by atoms with Crippen LogP contribution in [-0.4, -0.2) is 40.3 Å².